The van der Waals surface area contributed by atoms with Crippen molar-refractivity contribution in [1.82, 2.24) is 15.0 Å². The summed E-state index contributed by atoms with van der Waals surface area (Å²) < 4.78 is 31.1. The highest BCUT2D eigenvalue weighted by molar-refractivity contribution is 7.89. The van der Waals surface area contributed by atoms with Crippen LogP contribution in [0.2, 0.25) is 5.02 Å². The molecule has 0 unspecified atom stereocenters. The number of hydrogen-bond acceptors (Lipinski definition) is 5. The summed E-state index contributed by atoms with van der Waals surface area (Å²) in [6.45, 7) is 2.35. The first-order chi connectivity index (χ1) is 11.9. The zero-order valence-corrected chi connectivity index (χ0v) is 15.3. The fourth-order valence-corrected chi connectivity index (χ4v) is 3.01. The quantitative estimate of drug-likeness (QED) is 0.761. The van der Waals surface area contributed by atoms with E-state index in [0.29, 0.717) is 18.1 Å². The molecule has 1 aromatic carbocycles. The zero-order valence-electron chi connectivity index (χ0n) is 13.7. The Kier molecular flexibility index (Phi) is 6.35. The molecule has 0 atom stereocenters. The Morgan fingerprint density at radius 2 is 2.04 bits per heavy atom. The van der Waals surface area contributed by atoms with Crippen LogP contribution in [-0.4, -0.2) is 33.0 Å². The predicted octanol–water partition coefficient (Wildman–Crippen LogP) is 1.97. The van der Waals surface area contributed by atoms with Gasteiger partial charge in [0.25, 0.3) is 5.91 Å². The molecule has 0 saturated carbocycles. The minimum absolute atomic E-state index is 0.0478. The maximum absolute atomic E-state index is 12.3. The van der Waals surface area contributed by atoms with Crippen molar-refractivity contribution in [1.29, 1.82) is 0 Å². The monoisotopic (exact) mass is 383 g/mol. The number of nitrogens with zero attached hydrogens (tertiary/aromatic N) is 1. The molecule has 9 heteroatoms. The number of hydrogen-bond donors (Lipinski definition) is 2. The minimum Gasteiger partial charge on any atom is -0.478 e. The summed E-state index contributed by atoms with van der Waals surface area (Å²) in [6.07, 6.45) is 0. The molecule has 0 spiro atoms. The number of amides is 1. The first-order valence-corrected chi connectivity index (χ1v) is 9.33. The van der Waals surface area contributed by atoms with Gasteiger partial charge in [-0.05, 0) is 37.7 Å². The van der Waals surface area contributed by atoms with Crippen molar-refractivity contribution >= 4 is 27.5 Å². The molecule has 7 nitrogen and oxygen atoms in total. The van der Waals surface area contributed by atoms with Crippen LogP contribution in [0.3, 0.4) is 0 Å². The summed E-state index contributed by atoms with van der Waals surface area (Å²) >= 11 is 6.01. The molecular weight excluding hydrogens is 366 g/mol. The van der Waals surface area contributed by atoms with Gasteiger partial charge in [-0.25, -0.2) is 18.1 Å². The molecular formula is C16H18ClN3O4S. The van der Waals surface area contributed by atoms with Crippen molar-refractivity contribution in [2.45, 2.75) is 18.4 Å². The molecule has 0 aliphatic carbocycles. The fraction of sp³-hybridized carbons (Fsp3) is 0.250. The third-order valence-electron chi connectivity index (χ3n) is 3.26. The second-order valence-corrected chi connectivity index (χ2v) is 7.24. The molecule has 2 rings (SSSR count). The van der Waals surface area contributed by atoms with Crippen LogP contribution in [0.15, 0.2) is 41.3 Å². The lowest BCUT2D eigenvalue weighted by Gasteiger charge is -2.09. The van der Waals surface area contributed by atoms with E-state index in [1.165, 1.54) is 25.2 Å². The topological polar surface area (TPSA) is 97.4 Å². The summed E-state index contributed by atoms with van der Waals surface area (Å²) in [4.78, 5) is 16.5. The Balaban J connectivity index is 2.13. The first kappa shape index (κ1) is 19.2. The number of sulfonamides is 1. The summed E-state index contributed by atoms with van der Waals surface area (Å²) in [6, 6.07) is 9.38. The smallest absolute Gasteiger partial charge is 0.271 e. The van der Waals surface area contributed by atoms with Gasteiger partial charge in [0, 0.05) is 12.6 Å². The van der Waals surface area contributed by atoms with E-state index in [-0.39, 0.29) is 22.2 Å². The van der Waals surface area contributed by atoms with Gasteiger partial charge in [0.15, 0.2) is 5.69 Å². The van der Waals surface area contributed by atoms with Crippen LogP contribution in [0.1, 0.15) is 23.0 Å². The SMILES string of the molecule is CCOc1ccc(Cl)c(C(=O)NCc2cccc(S(=O)(=O)NC)c2)n1. The van der Waals surface area contributed by atoms with Crippen molar-refractivity contribution in [3.05, 3.63) is 52.7 Å². The molecule has 0 aliphatic heterocycles. The van der Waals surface area contributed by atoms with Crippen molar-refractivity contribution in [2.24, 2.45) is 0 Å². The van der Waals surface area contributed by atoms with E-state index >= 15 is 0 Å². The van der Waals surface area contributed by atoms with Crippen LogP contribution >= 0.6 is 11.6 Å². The standard InChI is InChI=1S/C16H18ClN3O4S/c1-3-24-14-8-7-13(17)15(20-14)16(21)19-10-11-5-4-6-12(9-11)25(22,23)18-2/h4-9,18H,3,10H2,1-2H3,(H,19,21). The lowest BCUT2D eigenvalue weighted by atomic mass is 10.2. The van der Waals surface area contributed by atoms with E-state index in [1.807, 2.05) is 6.92 Å². The predicted molar refractivity (Wildman–Crippen MR) is 94.3 cm³/mol. The Bertz CT molecular complexity index is 871. The number of rotatable bonds is 7. The average Bonchev–Trinajstić information content (AvgIpc) is 2.61. The molecule has 134 valence electrons. The molecule has 1 heterocycles. The second kappa shape index (κ2) is 8.28. The van der Waals surface area contributed by atoms with Gasteiger partial charge in [0.2, 0.25) is 15.9 Å². The Hall–Kier alpha value is -2.16. The zero-order chi connectivity index (χ0) is 18.4. The van der Waals surface area contributed by atoms with Crippen molar-refractivity contribution < 1.29 is 17.9 Å². The average molecular weight is 384 g/mol. The molecule has 25 heavy (non-hydrogen) atoms. The number of pyridine rings is 1. The van der Waals surface area contributed by atoms with Crippen LogP contribution in [0.25, 0.3) is 0 Å². The number of carbonyl (C=O) groups excluding carboxylic acids is 1. The maximum atomic E-state index is 12.3. The molecule has 0 saturated heterocycles. The van der Waals surface area contributed by atoms with Crippen LogP contribution in [0, 0.1) is 0 Å². The van der Waals surface area contributed by atoms with Crippen molar-refractivity contribution in [3.8, 4) is 5.88 Å². The van der Waals surface area contributed by atoms with Crippen LogP contribution in [0.5, 0.6) is 5.88 Å². The Morgan fingerprint density at radius 3 is 2.72 bits per heavy atom. The Morgan fingerprint density at radius 1 is 1.28 bits per heavy atom. The van der Waals surface area contributed by atoms with Gasteiger partial charge in [-0.2, -0.15) is 0 Å². The van der Waals surface area contributed by atoms with E-state index in [2.05, 4.69) is 15.0 Å². The molecule has 0 radical (unpaired) electrons. The molecule has 2 aromatic rings. The van der Waals surface area contributed by atoms with E-state index in [0.717, 1.165) is 0 Å². The van der Waals surface area contributed by atoms with Gasteiger partial charge >= 0.3 is 0 Å². The van der Waals surface area contributed by atoms with Gasteiger partial charge in [0.1, 0.15) is 0 Å². The van der Waals surface area contributed by atoms with Gasteiger partial charge in [-0.15, -0.1) is 0 Å². The van der Waals surface area contributed by atoms with Crippen molar-refractivity contribution in [3.63, 3.8) is 0 Å². The fourth-order valence-electron chi connectivity index (χ4n) is 2.02. The summed E-state index contributed by atoms with van der Waals surface area (Å²) in [5.74, 6) is -0.174. The van der Waals surface area contributed by atoms with Gasteiger partial charge in [0.05, 0.1) is 16.5 Å². The molecule has 1 amide bonds. The summed E-state index contributed by atoms with van der Waals surface area (Å²) in [5, 5.41) is 2.87. The normalized spacial score (nSPS) is 11.2. The van der Waals surface area contributed by atoms with Crippen LogP contribution < -0.4 is 14.8 Å². The third-order valence-corrected chi connectivity index (χ3v) is 4.98. The third kappa shape index (κ3) is 4.91. The number of ether oxygens (including phenoxy) is 1. The number of aromatic nitrogens is 1. The summed E-state index contributed by atoms with van der Waals surface area (Å²) in [7, 11) is -2.21. The van der Waals surface area contributed by atoms with E-state index in [1.54, 1.807) is 18.2 Å². The largest absolute Gasteiger partial charge is 0.478 e. The van der Waals surface area contributed by atoms with Crippen LogP contribution in [0.4, 0.5) is 0 Å². The van der Waals surface area contributed by atoms with E-state index in [4.69, 9.17) is 16.3 Å². The second-order valence-electron chi connectivity index (χ2n) is 4.95. The van der Waals surface area contributed by atoms with Gasteiger partial charge in [-0.1, -0.05) is 23.7 Å². The molecule has 1 aromatic heterocycles. The van der Waals surface area contributed by atoms with Gasteiger partial charge in [-0.3, -0.25) is 4.79 Å². The lowest BCUT2D eigenvalue weighted by Crippen LogP contribution is -2.25. The summed E-state index contributed by atoms with van der Waals surface area (Å²) in [5.41, 5.74) is 0.674. The first-order valence-electron chi connectivity index (χ1n) is 7.47. The van der Waals surface area contributed by atoms with E-state index < -0.39 is 15.9 Å². The van der Waals surface area contributed by atoms with Crippen molar-refractivity contribution in [2.75, 3.05) is 13.7 Å². The number of halogens is 1. The lowest BCUT2D eigenvalue weighted by molar-refractivity contribution is 0.0945. The maximum Gasteiger partial charge on any atom is 0.271 e. The van der Waals surface area contributed by atoms with Crippen LogP contribution in [-0.2, 0) is 16.6 Å². The number of benzene rings is 1. The number of carbonyl (C=O) groups is 1. The molecule has 0 aliphatic rings. The van der Waals surface area contributed by atoms with E-state index in [9.17, 15) is 13.2 Å². The Labute approximate surface area is 151 Å². The highest BCUT2D eigenvalue weighted by Crippen LogP contribution is 2.18. The van der Waals surface area contributed by atoms with Gasteiger partial charge < -0.3 is 10.1 Å². The molecule has 0 bridgehead atoms. The minimum atomic E-state index is -3.54. The molecule has 0 fully saturated rings. The highest BCUT2D eigenvalue weighted by atomic mass is 35.5. The molecule has 2 N–H and O–H groups in total. The number of nitrogens with one attached hydrogen (secondary N) is 2. The highest BCUT2D eigenvalue weighted by Gasteiger charge is 2.15.